The molecule has 10 heteroatoms. The molecule has 6 aliphatic rings. The van der Waals surface area contributed by atoms with Crippen molar-refractivity contribution in [2.75, 3.05) is 12.4 Å². The van der Waals surface area contributed by atoms with Gasteiger partial charge in [-0.05, 0) is 99.5 Å². The number of alkyl halides is 3. The number of nitrogens with zero attached hydrogens (tertiary/aromatic N) is 1. The van der Waals surface area contributed by atoms with Gasteiger partial charge in [0.2, 0.25) is 0 Å². The van der Waals surface area contributed by atoms with E-state index in [1.54, 1.807) is 23.1 Å². The lowest BCUT2D eigenvalue weighted by Gasteiger charge is -2.71. The molecule has 0 saturated heterocycles. The Labute approximate surface area is 293 Å². The summed E-state index contributed by atoms with van der Waals surface area (Å²) in [6.07, 6.45) is 6.18. The minimum absolute atomic E-state index is 0.0315. The van der Waals surface area contributed by atoms with Gasteiger partial charge in [0.25, 0.3) is 0 Å². The maximum Gasteiger partial charge on any atom is 0.416 e. The summed E-state index contributed by atoms with van der Waals surface area (Å²) >= 11 is 3.16. The van der Waals surface area contributed by atoms with Crippen LogP contribution in [0.3, 0.4) is 0 Å². The van der Waals surface area contributed by atoms with Gasteiger partial charge in [0, 0.05) is 33.1 Å². The number of aliphatic hydroxyl groups excluding tert-OH is 1. The Balaban J connectivity index is 1.18. The van der Waals surface area contributed by atoms with Crippen molar-refractivity contribution in [2.24, 2.45) is 33.5 Å². The molecular weight excluding hydrogens is 668 g/mol. The van der Waals surface area contributed by atoms with Gasteiger partial charge in [-0.15, -0.1) is 11.3 Å². The fraction of sp³-hybridized carbons (Fsp3) is 0.538. The number of carbonyl (C=O) groups excluding carboxylic acids is 1. The largest absolute Gasteiger partial charge is 0.494 e. The van der Waals surface area contributed by atoms with Crippen molar-refractivity contribution in [3.8, 4) is 5.75 Å². The number of allylic oxidation sites excluding steroid dienone is 4. The smallest absolute Gasteiger partial charge is 0.416 e. The van der Waals surface area contributed by atoms with E-state index in [9.17, 15) is 28.2 Å². The van der Waals surface area contributed by atoms with Crippen LogP contribution in [0.25, 0.3) is 10.2 Å². The van der Waals surface area contributed by atoms with Crippen LogP contribution in [-0.4, -0.2) is 45.0 Å². The van der Waals surface area contributed by atoms with Crippen molar-refractivity contribution in [2.45, 2.75) is 87.9 Å². The van der Waals surface area contributed by atoms with E-state index in [1.165, 1.54) is 12.1 Å². The topological polar surface area (TPSA) is 79.7 Å². The third-order valence-electron chi connectivity index (χ3n) is 13.5. The highest BCUT2D eigenvalue weighted by atomic mass is 32.2. The number of hydrogen-bond donors (Lipinski definition) is 2. The monoisotopic (exact) mass is 709 g/mol. The maximum atomic E-state index is 14.7. The Bertz CT molecular complexity index is 1910. The SMILES string of the molecule is CCOc1ccc2nc(SCC3(O)CCC4C56C=CC7(C=C5C(=O)c5cccc(C(F)(F)F)c5)CC(O)CCC7(C)C6CCC43C)sc2c1. The van der Waals surface area contributed by atoms with E-state index >= 15 is 0 Å². The van der Waals surface area contributed by atoms with Crippen molar-refractivity contribution in [3.63, 3.8) is 0 Å². The van der Waals surface area contributed by atoms with Gasteiger partial charge in [-0.25, -0.2) is 4.98 Å². The van der Waals surface area contributed by atoms with Crippen molar-refractivity contribution in [1.82, 2.24) is 4.98 Å². The highest BCUT2D eigenvalue weighted by Crippen LogP contribution is 2.78. The first-order valence-electron chi connectivity index (χ1n) is 17.4. The molecule has 260 valence electrons. The van der Waals surface area contributed by atoms with E-state index < -0.39 is 39.7 Å². The van der Waals surface area contributed by atoms with Crippen molar-refractivity contribution >= 4 is 39.1 Å². The van der Waals surface area contributed by atoms with Crippen LogP contribution in [0.4, 0.5) is 13.2 Å². The highest BCUT2D eigenvalue weighted by molar-refractivity contribution is 8.01. The lowest BCUT2D eigenvalue weighted by molar-refractivity contribution is -0.166. The molecule has 8 atom stereocenters. The minimum Gasteiger partial charge on any atom is -0.494 e. The summed E-state index contributed by atoms with van der Waals surface area (Å²) in [5, 5.41) is 23.6. The average molecular weight is 710 g/mol. The quantitative estimate of drug-likeness (QED) is 0.145. The van der Waals surface area contributed by atoms with E-state index in [2.05, 4.69) is 26.0 Å². The number of fused-ring (bicyclic) bond motifs is 2. The molecule has 8 unspecified atom stereocenters. The van der Waals surface area contributed by atoms with Gasteiger partial charge in [-0.1, -0.05) is 56.0 Å². The lowest BCUT2D eigenvalue weighted by atomic mass is 9.32. The molecule has 0 aliphatic heterocycles. The number of hydrogen-bond acceptors (Lipinski definition) is 7. The third kappa shape index (κ3) is 4.72. The molecule has 2 N–H and O–H groups in total. The summed E-state index contributed by atoms with van der Waals surface area (Å²) in [4.78, 5) is 19.5. The zero-order chi connectivity index (χ0) is 34.6. The third-order valence-corrected chi connectivity index (χ3v) is 15.9. The molecular formula is C39H42F3NO4S2. The highest BCUT2D eigenvalue weighted by Gasteiger charge is 2.74. The normalized spacial score (nSPS) is 37.8. The maximum absolute atomic E-state index is 14.7. The summed E-state index contributed by atoms with van der Waals surface area (Å²) in [6.45, 7) is 7.01. The van der Waals surface area contributed by atoms with Crippen LogP contribution < -0.4 is 4.74 Å². The van der Waals surface area contributed by atoms with Crippen LogP contribution in [0.1, 0.15) is 81.6 Å². The molecule has 3 fully saturated rings. The Morgan fingerprint density at radius 1 is 1.04 bits per heavy atom. The standard InChI is InChI=1S/C39H42F3NO4S2/c1-4-47-26-8-9-28-29(19-26)49-33(43-28)48-22-37(46)15-12-31-35(37,3)14-11-30-34(2)13-10-25(44)20-36(34)16-17-38(30,31)27(21-36)32(45)23-6-5-7-24(18-23)39(40,41)42/h5-9,16-19,21,25,30-31,44,46H,4,10-15,20,22H2,1-3H3. The molecule has 1 aromatic heterocycles. The zero-order valence-corrected chi connectivity index (χ0v) is 29.6. The first-order valence-corrected chi connectivity index (χ1v) is 19.2. The van der Waals surface area contributed by atoms with Crippen LogP contribution in [0.2, 0.25) is 0 Å². The molecule has 2 spiro atoms. The Morgan fingerprint density at radius 3 is 2.57 bits per heavy atom. The van der Waals surface area contributed by atoms with Gasteiger partial charge in [0.15, 0.2) is 10.1 Å². The van der Waals surface area contributed by atoms with Crippen LogP contribution >= 0.6 is 23.1 Å². The number of ether oxygens (including phenoxy) is 1. The average Bonchev–Trinajstić information content (AvgIpc) is 3.60. The molecule has 1 heterocycles. The first kappa shape index (κ1) is 33.5. The summed E-state index contributed by atoms with van der Waals surface area (Å²) in [6, 6.07) is 10.7. The van der Waals surface area contributed by atoms with Crippen molar-refractivity contribution < 1.29 is 32.9 Å². The summed E-state index contributed by atoms with van der Waals surface area (Å²) in [7, 11) is 0. The number of aromatic nitrogens is 1. The number of carbonyl (C=O) groups is 1. The predicted molar refractivity (Wildman–Crippen MR) is 186 cm³/mol. The number of ketones is 1. The number of benzene rings is 2. The molecule has 2 aromatic carbocycles. The van der Waals surface area contributed by atoms with Crippen LogP contribution in [0.15, 0.2) is 70.6 Å². The molecule has 49 heavy (non-hydrogen) atoms. The van der Waals surface area contributed by atoms with E-state index in [-0.39, 0.29) is 28.6 Å². The van der Waals surface area contributed by atoms with Crippen molar-refractivity contribution in [3.05, 3.63) is 77.4 Å². The lowest BCUT2D eigenvalue weighted by Crippen LogP contribution is -2.67. The number of rotatable bonds is 7. The van der Waals surface area contributed by atoms with Crippen LogP contribution in [-0.2, 0) is 6.18 Å². The minimum atomic E-state index is -4.57. The van der Waals surface area contributed by atoms with Crippen molar-refractivity contribution in [1.29, 1.82) is 0 Å². The molecule has 6 aliphatic carbocycles. The summed E-state index contributed by atoms with van der Waals surface area (Å²) in [5.41, 5.74) is -2.47. The number of halogens is 3. The molecule has 9 rings (SSSR count). The Kier molecular flexibility index (Phi) is 7.63. The number of thiazole rings is 1. The van der Waals surface area contributed by atoms with E-state index in [4.69, 9.17) is 9.72 Å². The van der Waals surface area contributed by atoms with Gasteiger partial charge < -0.3 is 14.9 Å². The summed E-state index contributed by atoms with van der Waals surface area (Å²) < 4.78 is 49.0. The van der Waals surface area contributed by atoms with Gasteiger partial charge in [0.1, 0.15) is 5.75 Å². The number of aliphatic hydroxyl groups is 2. The van der Waals surface area contributed by atoms with Gasteiger partial charge >= 0.3 is 6.18 Å². The van der Waals surface area contributed by atoms with E-state index in [1.807, 2.05) is 31.2 Å². The van der Waals surface area contributed by atoms with Gasteiger partial charge in [-0.3, -0.25) is 4.79 Å². The van der Waals surface area contributed by atoms with Gasteiger partial charge in [-0.2, -0.15) is 13.2 Å². The Morgan fingerprint density at radius 2 is 1.80 bits per heavy atom. The fourth-order valence-electron chi connectivity index (χ4n) is 11.0. The van der Waals surface area contributed by atoms with Crippen LogP contribution in [0, 0.1) is 33.5 Å². The molecule has 3 aromatic rings. The second kappa shape index (κ2) is 11.2. The van der Waals surface area contributed by atoms with Gasteiger partial charge in [0.05, 0.1) is 34.1 Å². The molecule has 2 bridgehead atoms. The Hall–Kier alpha value is -2.66. The number of Topliss-reactive ketones (excluding diaryl/α,β-unsaturated/α-hetero) is 1. The first-order chi connectivity index (χ1) is 23.2. The molecule has 5 nitrogen and oxygen atoms in total. The van der Waals surface area contributed by atoms with E-state index in [0.717, 1.165) is 51.7 Å². The second-order valence-corrected chi connectivity index (χ2v) is 17.8. The van der Waals surface area contributed by atoms with E-state index in [0.29, 0.717) is 43.6 Å². The number of thioether (sulfide) groups is 1. The molecule has 0 radical (unpaired) electrons. The van der Waals surface area contributed by atoms with Crippen LogP contribution in [0.5, 0.6) is 5.75 Å². The second-order valence-electron chi connectivity index (χ2n) is 15.5. The molecule has 0 amide bonds. The zero-order valence-electron chi connectivity index (χ0n) is 28.0. The fourth-order valence-corrected chi connectivity index (χ4v) is 13.4. The molecule has 3 saturated carbocycles. The predicted octanol–water partition coefficient (Wildman–Crippen LogP) is 9.28. The summed E-state index contributed by atoms with van der Waals surface area (Å²) in [5.74, 6) is 0.850.